The van der Waals surface area contributed by atoms with E-state index in [0.717, 1.165) is 30.6 Å². The molecule has 0 saturated heterocycles. The van der Waals surface area contributed by atoms with Gasteiger partial charge in [0, 0.05) is 19.0 Å². The summed E-state index contributed by atoms with van der Waals surface area (Å²) in [6, 6.07) is 4.17. The van der Waals surface area contributed by atoms with Crippen LogP contribution in [0.4, 0.5) is 11.5 Å². The molecule has 0 spiro atoms. The number of fused-ring (bicyclic) bond motifs is 1. The lowest BCUT2D eigenvalue weighted by Gasteiger charge is -2.08. The predicted molar refractivity (Wildman–Crippen MR) is 78.4 cm³/mol. The van der Waals surface area contributed by atoms with Gasteiger partial charge in [0.15, 0.2) is 0 Å². The van der Waals surface area contributed by atoms with E-state index in [1.807, 2.05) is 12.3 Å². The summed E-state index contributed by atoms with van der Waals surface area (Å²) < 4.78 is 6.82. The number of pyridine rings is 1. The van der Waals surface area contributed by atoms with Gasteiger partial charge < -0.3 is 10.1 Å². The van der Waals surface area contributed by atoms with Gasteiger partial charge in [-0.15, -0.1) is 0 Å². The molecule has 1 aliphatic carbocycles. The first-order chi connectivity index (χ1) is 10.3. The Labute approximate surface area is 123 Å². The summed E-state index contributed by atoms with van der Waals surface area (Å²) in [5, 5.41) is 16.7. The second-order valence-corrected chi connectivity index (χ2v) is 5.07. The van der Waals surface area contributed by atoms with Crippen molar-refractivity contribution in [2.75, 3.05) is 19.0 Å². The Balaban J connectivity index is 1.81. The number of aromatic nitrogens is 3. The number of methoxy groups -OCH3 is 1. The largest absolute Gasteiger partial charge is 0.383 e. The van der Waals surface area contributed by atoms with Crippen LogP contribution in [0.5, 0.6) is 0 Å². The van der Waals surface area contributed by atoms with Crippen LogP contribution in [0.25, 0.3) is 0 Å². The van der Waals surface area contributed by atoms with Gasteiger partial charge in [0.1, 0.15) is 11.9 Å². The molecular weight excluding hydrogens is 266 g/mol. The maximum absolute atomic E-state index is 9.28. The van der Waals surface area contributed by atoms with Gasteiger partial charge in [-0.05, 0) is 30.9 Å². The number of hydrogen-bond acceptors (Lipinski definition) is 5. The Bertz CT molecular complexity index is 686. The highest BCUT2D eigenvalue weighted by atomic mass is 16.5. The Morgan fingerprint density at radius 1 is 1.48 bits per heavy atom. The summed E-state index contributed by atoms with van der Waals surface area (Å²) in [5.41, 5.74) is 3.71. The molecule has 0 fully saturated rings. The molecule has 0 saturated carbocycles. The monoisotopic (exact) mass is 283 g/mol. The maximum atomic E-state index is 9.28. The number of ether oxygens (including phenoxy) is 1. The van der Waals surface area contributed by atoms with Crippen LogP contribution in [0.1, 0.15) is 23.2 Å². The van der Waals surface area contributed by atoms with Crippen molar-refractivity contribution in [3.8, 4) is 6.07 Å². The topological polar surface area (TPSA) is 75.8 Å². The van der Waals surface area contributed by atoms with Crippen LogP contribution in [0.2, 0.25) is 0 Å². The van der Waals surface area contributed by atoms with Gasteiger partial charge in [0.25, 0.3) is 0 Å². The van der Waals surface area contributed by atoms with Crippen LogP contribution in [-0.4, -0.2) is 28.5 Å². The number of nitrogens with one attached hydrogen (secondary N) is 1. The lowest BCUT2D eigenvalue weighted by atomic mass is 10.1. The standard InChI is InChI=1S/C15H17N5O/c1-21-6-5-20-10-13(9-17-20)18-15-12(8-16)7-11-3-2-4-14(11)19-15/h7,9-10H,2-6H2,1H3,(H,18,19). The third kappa shape index (κ3) is 2.88. The van der Waals surface area contributed by atoms with E-state index in [4.69, 9.17) is 4.74 Å². The first-order valence-corrected chi connectivity index (χ1v) is 7.01. The molecule has 3 rings (SSSR count). The fraction of sp³-hybridized carbons (Fsp3) is 0.400. The highest BCUT2D eigenvalue weighted by Crippen LogP contribution is 2.26. The fourth-order valence-corrected chi connectivity index (χ4v) is 2.52. The van der Waals surface area contributed by atoms with Gasteiger partial charge in [-0.2, -0.15) is 10.4 Å². The van der Waals surface area contributed by atoms with Crippen LogP contribution in [0.15, 0.2) is 18.5 Å². The molecule has 6 heteroatoms. The predicted octanol–water partition coefficient (Wildman–Crippen LogP) is 2.03. The molecule has 0 radical (unpaired) electrons. The second kappa shape index (κ2) is 5.94. The highest BCUT2D eigenvalue weighted by molar-refractivity contribution is 5.63. The number of nitriles is 1. The van der Waals surface area contributed by atoms with E-state index >= 15 is 0 Å². The first kappa shape index (κ1) is 13.6. The van der Waals surface area contributed by atoms with Gasteiger partial charge >= 0.3 is 0 Å². The minimum Gasteiger partial charge on any atom is -0.383 e. The Morgan fingerprint density at radius 2 is 2.38 bits per heavy atom. The maximum Gasteiger partial charge on any atom is 0.148 e. The number of anilines is 2. The fourth-order valence-electron chi connectivity index (χ4n) is 2.52. The van der Waals surface area contributed by atoms with E-state index in [2.05, 4.69) is 21.5 Å². The normalized spacial score (nSPS) is 13.0. The summed E-state index contributed by atoms with van der Waals surface area (Å²) in [4.78, 5) is 4.60. The molecule has 1 aliphatic rings. The molecule has 21 heavy (non-hydrogen) atoms. The third-order valence-electron chi connectivity index (χ3n) is 3.59. The molecule has 1 N–H and O–H groups in total. The van der Waals surface area contributed by atoms with Crippen molar-refractivity contribution < 1.29 is 4.74 Å². The first-order valence-electron chi connectivity index (χ1n) is 7.01. The van der Waals surface area contributed by atoms with Crippen LogP contribution in [-0.2, 0) is 24.1 Å². The van der Waals surface area contributed by atoms with Crippen molar-refractivity contribution in [3.05, 3.63) is 35.3 Å². The summed E-state index contributed by atoms with van der Waals surface area (Å²) in [6.45, 7) is 1.31. The van der Waals surface area contributed by atoms with Crippen LogP contribution >= 0.6 is 0 Å². The van der Waals surface area contributed by atoms with E-state index in [-0.39, 0.29) is 0 Å². The number of hydrogen-bond donors (Lipinski definition) is 1. The van der Waals surface area contributed by atoms with E-state index in [0.29, 0.717) is 24.5 Å². The van der Waals surface area contributed by atoms with Gasteiger partial charge in [0.05, 0.1) is 30.6 Å². The average Bonchev–Trinajstić information content (AvgIpc) is 3.13. The van der Waals surface area contributed by atoms with Crippen LogP contribution in [0, 0.1) is 11.3 Å². The zero-order chi connectivity index (χ0) is 14.7. The van der Waals surface area contributed by atoms with Crippen molar-refractivity contribution in [1.29, 1.82) is 5.26 Å². The molecule has 0 bridgehead atoms. The van der Waals surface area contributed by atoms with E-state index in [1.54, 1.807) is 18.0 Å². The van der Waals surface area contributed by atoms with E-state index in [9.17, 15) is 5.26 Å². The van der Waals surface area contributed by atoms with Gasteiger partial charge in [-0.3, -0.25) is 4.68 Å². The second-order valence-electron chi connectivity index (χ2n) is 5.07. The summed E-state index contributed by atoms with van der Waals surface area (Å²) in [7, 11) is 1.66. The number of nitrogens with zero attached hydrogens (tertiary/aromatic N) is 4. The van der Waals surface area contributed by atoms with Crippen molar-refractivity contribution in [3.63, 3.8) is 0 Å². The van der Waals surface area contributed by atoms with E-state index < -0.39 is 0 Å². The smallest absolute Gasteiger partial charge is 0.148 e. The minimum absolute atomic E-state index is 0.584. The molecule has 0 atom stereocenters. The zero-order valence-corrected chi connectivity index (χ0v) is 12.0. The molecular formula is C15H17N5O. The summed E-state index contributed by atoms with van der Waals surface area (Å²) in [5.74, 6) is 0.615. The van der Waals surface area contributed by atoms with Gasteiger partial charge in [0.2, 0.25) is 0 Å². The quantitative estimate of drug-likeness (QED) is 0.908. The molecule has 2 aromatic heterocycles. The molecule has 0 aliphatic heterocycles. The van der Waals surface area contributed by atoms with Gasteiger partial charge in [-0.25, -0.2) is 4.98 Å². The SMILES string of the molecule is COCCn1cc(Nc2nc3c(cc2C#N)CCC3)cn1. The number of rotatable bonds is 5. The molecule has 108 valence electrons. The van der Waals surface area contributed by atoms with Crippen LogP contribution in [0.3, 0.4) is 0 Å². The lowest BCUT2D eigenvalue weighted by Crippen LogP contribution is -2.04. The van der Waals surface area contributed by atoms with Crippen LogP contribution < -0.4 is 5.32 Å². The molecule has 0 amide bonds. The average molecular weight is 283 g/mol. The molecule has 2 heterocycles. The molecule has 0 aromatic carbocycles. The Morgan fingerprint density at radius 3 is 3.19 bits per heavy atom. The molecule has 6 nitrogen and oxygen atoms in total. The molecule has 0 unspecified atom stereocenters. The third-order valence-corrected chi connectivity index (χ3v) is 3.59. The summed E-state index contributed by atoms with van der Waals surface area (Å²) in [6.07, 6.45) is 6.74. The van der Waals surface area contributed by atoms with E-state index in [1.165, 1.54) is 5.56 Å². The van der Waals surface area contributed by atoms with Crippen molar-refractivity contribution in [1.82, 2.24) is 14.8 Å². The summed E-state index contributed by atoms with van der Waals surface area (Å²) >= 11 is 0. The van der Waals surface area contributed by atoms with Crippen molar-refractivity contribution >= 4 is 11.5 Å². The van der Waals surface area contributed by atoms with Crippen molar-refractivity contribution in [2.24, 2.45) is 0 Å². The van der Waals surface area contributed by atoms with Gasteiger partial charge in [-0.1, -0.05) is 0 Å². The zero-order valence-electron chi connectivity index (χ0n) is 12.0. The molecule has 2 aromatic rings. The Kier molecular flexibility index (Phi) is 3.84. The highest BCUT2D eigenvalue weighted by Gasteiger charge is 2.16. The minimum atomic E-state index is 0.584. The van der Waals surface area contributed by atoms with Crippen molar-refractivity contribution in [2.45, 2.75) is 25.8 Å². The lowest BCUT2D eigenvalue weighted by molar-refractivity contribution is 0.183. The Hall–Kier alpha value is -2.39. The number of aryl methyl sites for hydroxylation is 2.